The topological polar surface area (TPSA) is 68.5 Å². The quantitative estimate of drug-likeness (QED) is 0.779. The van der Waals surface area contributed by atoms with Gasteiger partial charge in [0.05, 0.1) is 31.5 Å². The lowest BCUT2D eigenvalue weighted by Crippen LogP contribution is -2.25. The van der Waals surface area contributed by atoms with Crippen molar-refractivity contribution in [1.82, 2.24) is 19.9 Å². The number of carbonyl (C=O) groups is 1. The third-order valence-electron chi connectivity index (χ3n) is 3.59. The Balaban J connectivity index is 1.69. The lowest BCUT2D eigenvalue weighted by Gasteiger charge is -2.08. The van der Waals surface area contributed by atoms with Crippen LogP contribution in [0.5, 0.6) is 5.75 Å². The highest BCUT2D eigenvalue weighted by Gasteiger charge is 2.14. The fourth-order valence-electron chi connectivity index (χ4n) is 2.46. The van der Waals surface area contributed by atoms with Crippen LogP contribution in [0, 0.1) is 13.8 Å². The Hall–Kier alpha value is -2.41. The van der Waals surface area contributed by atoms with Crippen LogP contribution in [0.3, 0.4) is 0 Å². The zero-order valence-corrected chi connectivity index (χ0v) is 14.1. The third-order valence-corrected chi connectivity index (χ3v) is 4.42. The van der Waals surface area contributed by atoms with E-state index in [1.165, 1.54) is 0 Å². The fraction of sp³-hybridized carbons (Fsp3) is 0.312. The Kier molecular flexibility index (Phi) is 4.29. The first-order valence-corrected chi connectivity index (χ1v) is 8.10. The molecule has 3 rings (SSSR count). The Labute approximate surface area is 138 Å². The second-order valence-electron chi connectivity index (χ2n) is 5.22. The van der Waals surface area contributed by atoms with Gasteiger partial charge in [0.15, 0.2) is 0 Å². The summed E-state index contributed by atoms with van der Waals surface area (Å²) < 4.78 is 7.08. The van der Waals surface area contributed by atoms with Gasteiger partial charge in [-0.2, -0.15) is 5.10 Å². The number of nitrogens with zero attached hydrogens (tertiary/aromatic N) is 3. The number of ether oxygens (including phenoxy) is 1. The minimum Gasteiger partial charge on any atom is -0.496 e. The molecule has 0 aliphatic rings. The molecular formula is C16H18N4O2S. The number of methoxy groups -OCH3 is 1. The lowest BCUT2D eigenvalue weighted by molar-refractivity contribution is -0.120. The number of aryl methyl sites for hydroxylation is 2. The predicted molar refractivity (Wildman–Crippen MR) is 88.9 cm³/mol. The van der Waals surface area contributed by atoms with Gasteiger partial charge in [0, 0.05) is 5.56 Å². The molecule has 0 unspecified atom stereocenters. The summed E-state index contributed by atoms with van der Waals surface area (Å²) in [5.41, 5.74) is 2.67. The molecule has 0 fully saturated rings. The van der Waals surface area contributed by atoms with Crippen LogP contribution in [0.15, 0.2) is 24.3 Å². The van der Waals surface area contributed by atoms with Gasteiger partial charge in [-0.15, -0.1) is 0 Å². The summed E-state index contributed by atoms with van der Waals surface area (Å²) in [5.74, 6) is 0.663. The highest BCUT2D eigenvalue weighted by molar-refractivity contribution is 7.16. The highest BCUT2D eigenvalue weighted by Crippen LogP contribution is 2.19. The molecule has 1 aromatic carbocycles. The number of para-hydroxylation sites is 1. The molecule has 1 amide bonds. The number of fused-ring (bicyclic) bond motifs is 1. The summed E-state index contributed by atoms with van der Waals surface area (Å²) in [6, 6.07) is 7.53. The molecule has 0 spiro atoms. The van der Waals surface area contributed by atoms with Crippen LogP contribution in [0.2, 0.25) is 0 Å². The number of rotatable bonds is 5. The molecule has 0 radical (unpaired) electrons. The van der Waals surface area contributed by atoms with Crippen molar-refractivity contribution in [3.05, 3.63) is 46.2 Å². The van der Waals surface area contributed by atoms with E-state index >= 15 is 0 Å². The van der Waals surface area contributed by atoms with Crippen LogP contribution < -0.4 is 10.1 Å². The summed E-state index contributed by atoms with van der Waals surface area (Å²) in [7, 11) is 1.60. The molecule has 1 N–H and O–H groups in total. The van der Waals surface area contributed by atoms with E-state index in [4.69, 9.17) is 4.74 Å². The molecule has 7 heteroatoms. The minimum atomic E-state index is -0.0594. The summed E-state index contributed by atoms with van der Waals surface area (Å²) >= 11 is 1.54. The third kappa shape index (κ3) is 3.19. The molecule has 120 valence electrons. The molecular weight excluding hydrogens is 312 g/mol. The Morgan fingerprint density at radius 2 is 2.13 bits per heavy atom. The van der Waals surface area contributed by atoms with Crippen LogP contribution in [0.25, 0.3) is 4.96 Å². The van der Waals surface area contributed by atoms with E-state index in [9.17, 15) is 4.79 Å². The summed E-state index contributed by atoms with van der Waals surface area (Å²) in [5, 5.41) is 8.31. The van der Waals surface area contributed by atoms with Gasteiger partial charge in [0.25, 0.3) is 0 Å². The maximum absolute atomic E-state index is 12.2. The van der Waals surface area contributed by atoms with Crippen LogP contribution in [0.1, 0.15) is 22.0 Å². The van der Waals surface area contributed by atoms with E-state index in [1.54, 1.807) is 23.0 Å². The summed E-state index contributed by atoms with van der Waals surface area (Å²) in [6.07, 6.45) is 0.279. The van der Waals surface area contributed by atoms with Gasteiger partial charge in [-0.25, -0.2) is 9.50 Å². The van der Waals surface area contributed by atoms with Gasteiger partial charge in [-0.3, -0.25) is 4.79 Å². The molecule has 0 saturated heterocycles. The Bertz CT molecular complexity index is 853. The second-order valence-corrected chi connectivity index (χ2v) is 6.38. The highest BCUT2D eigenvalue weighted by atomic mass is 32.1. The van der Waals surface area contributed by atoms with Crippen molar-refractivity contribution in [2.75, 3.05) is 7.11 Å². The van der Waals surface area contributed by atoms with Crippen molar-refractivity contribution in [3.8, 4) is 5.75 Å². The Morgan fingerprint density at radius 1 is 1.35 bits per heavy atom. The maximum atomic E-state index is 12.2. The van der Waals surface area contributed by atoms with Crippen LogP contribution >= 0.6 is 11.3 Å². The number of carbonyl (C=O) groups excluding carboxylic acids is 1. The number of imidazole rings is 1. The number of amides is 1. The van der Waals surface area contributed by atoms with E-state index in [0.29, 0.717) is 6.54 Å². The lowest BCUT2D eigenvalue weighted by atomic mass is 10.1. The van der Waals surface area contributed by atoms with E-state index in [1.807, 2.05) is 38.1 Å². The first-order chi connectivity index (χ1) is 11.1. The molecule has 0 saturated carbocycles. The SMILES string of the molecule is COc1ccccc1CC(=O)NCc1c(C)nc2sc(C)nn12. The van der Waals surface area contributed by atoms with Gasteiger partial charge < -0.3 is 10.1 Å². The smallest absolute Gasteiger partial charge is 0.224 e. The van der Waals surface area contributed by atoms with Gasteiger partial charge >= 0.3 is 0 Å². The Morgan fingerprint density at radius 3 is 2.91 bits per heavy atom. The van der Waals surface area contributed by atoms with Crippen molar-refractivity contribution < 1.29 is 9.53 Å². The molecule has 2 heterocycles. The van der Waals surface area contributed by atoms with E-state index in [0.717, 1.165) is 32.7 Å². The first-order valence-electron chi connectivity index (χ1n) is 7.28. The molecule has 2 aromatic heterocycles. The molecule has 0 atom stereocenters. The van der Waals surface area contributed by atoms with Gasteiger partial charge in [0.2, 0.25) is 10.9 Å². The predicted octanol–water partition coefficient (Wildman–Crippen LogP) is 2.28. The monoisotopic (exact) mass is 330 g/mol. The second kappa shape index (κ2) is 6.37. The van der Waals surface area contributed by atoms with E-state index in [2.05, 4.69) is 15.4 Å². The largest absolute Gasteiger partial charge is 0.496 e. The van der Waals surface area contributed by atoms with E-state index < -0.39 is 0 Å². The van der Waals surface area contributed by atoms with E-state index in [-0.39, 0.29) is 12.3 Å². The number of aromatic nitrogens is 3. The summed E-state index contributed by atoms with van der Waals surface area (Å²) in [6.45, 7) is 4.28. The number of hydrogen-bond acceptors (Lipinski definition) is 5. The zero-order chi connectivity index (χ0) is 16.4. The molecule has 23 heavy (non-hydrogen) atoms. The minimum absolute atomic E-state index is 0.0594. The van der Waals surface area contributed by atoms with Crippen molar-refractivity contribution >= 4 is 22.2 Å². The molecule has 6 nitrogen and oxygen atoms in total. The average molecular weight is 330 g/mol. The maximum Gasteiger partial charge on any atom is 0.224 e. The van der Waals surface area contributed by atoms with Crippen molar-refractivity contribution in [2.45, 2.75) is 26.8 Å². The molecule has 0 bridgehead atoms. The van der Waals surface area contributed by atoms with Crippen molar-refractivity contribution in [2.24, 2.45) is 0 Å². The summed E-state index contributed by atoms with van der Waals surface area (Å²) in [4.78, 5) is 17.5. The first kappa shape index (κ1) is 15.5. The standard InChI is InChI=1S/C16H18N4O2S/c1-10-13(20-16(18-10)23-11(2)19-20)9-17-15(21)8-12-6-4-5-7-14(12)22-3/h4-7H,8-9H2,1-3H3,(H,17,21). The fourth-order valence-corrected chi connectivity index (χ4v) is 3.26. The van der Waals surface area contributed by atoms with Gasteiger partial charge in [0.1, 0.15) is 10.8 Å². The van der Waals surface area contributed by atoms with Crippen molar-refractivity contribution in [3.63, 3.8) is 0 Å². The van der Waals surface area contributed by atoms with Crippen molar-refractivity contribution in [1.29, 1.82) is 0 Å². The number of nitrogens with one attached hydrogen (secondary N) is 1. The van der Waals surface area contributed by atoms with Crippen LogP contribution in [0.4, 0.5) is 0 Å². The van der Waals surface area contributed by atoms with Crippen LogP contribution in [-0.4, -0.2) is 27.6 Å². The van der Waals surface area contributed by atoms with Gasteiger partial charge in [-0.1, -0.05) is 29.5 Å². The number of hydrogen-bond donors (Lipinski definition) is 1. The molecule has 3 aromatic rings. The average Bonchev–Trinajstić information content (AvgIpc) is 3.01. The number of benzene rings is 1. The normalized spacial score (nSPS) is 10.9. The zero-order valence-electron chi connectivity index (χ0n) is 13.3. The van der Waals surface area contributed by atoms with Crippen LogP contribution in [-0.2, 0) is 17.8 Å². The van der Waals surface area contributed by atoms with Gasteiger partial charge in [-0.05, 0) is 19.9 Å². The molecule has 0 aliphatic carbocycles. The molecule has 0 aliphatic heterocycles.